The first-order valence-electron chi connectivity index (χ1n) is 6.42. The van der Waals surface area contributed by atoms with Crippen LogP contribution in [0.15, 0.2) is 12.3 Å². The molecule has 0 aromatic carbocycles. The minimum absolute atomic E-state index is 0.345. The standard InChI is InChI=1S/C13H22N2O2/c1-16-13(17-2)12-8-9-15(14-12)10-11-6-4-3-5-7-11/h8-9,11,13H,3-7,10H2,1-2H3. The summed E-state index contributed by atoms with van der Waals surface area (Å²) in [5.41, 5.74) is 0.853. The molecule has 0 N–H and O–H groups in total. The smallest absolute Gasteiger partial charge is 0.202 e. The van der Waals surface area contributed by atoms with Gasteiger partial charge in [-0.3, -0.25) is 4.68 Å². The highest BCUT2D eigenvalue weighted by molar-refractivity contribution is 5.00. The van der Waals surface area contributed by atoms with Gasteiger partial charge in [-0.2, -0.15) is 5.10 Å². The summed E-state index contributed by atoms with van der Waals surface area (Å²) in [4.78, 5) is 0. The Hall–Kier alpha value is -0.870. The number of nitrogens with zero attached hydrogens (tertiary/aromatic N) is 2. The summed E-state index contributed by atoms with van der Waals surface area (Å²) in [6.45, 7) is 1.03. The number of ether oxygens (including phenoxy) is 2. The van der Waals surface area contributed by atoms with Gasteiger partial charge in [-0.25, -0.2) is 0 Å². The monoisotopic (exact) mass is 238 g/mol. The van der Waals surface area contributed by atoms with Gasteiger partial charge in [0.2, 0.25) is 6.29 Å². The van der Waals surface area contributed by atoms with Crippen LogP contribution >= 0.6 is 0 Å². The molecular weight excluding hydrogens is 216 g/mol. The molecule has 1 aliphatic carbocycles. The van der Waals surface area contributed by atoms with Gasteiger partial charge in [-0.15, -0.1) is 0 Å². The van der Waals surface area contributed by atoms with Crippen LogP contribution in [0.4, 0.5) is 0 Å². The molecular formula is C13H22N2O2. The third-order valence-corrected chi connectivity index (χ3v) is 3.50. The van der Waals surface area contributed by atoms with E-state index in [1.807, 2.05) is 16.9 Å². The average Bonchev–Trinajstić information content (AvgIpc) is 2.81. The lowest BCUT2D eigenvalue weighted by Gasteiger charge is -2.21. The fourth-order valence-corrected chi connectivity index (χ4v) is 2.58. The maximum atomic E-state index is 5.19. The van der Waals surface area contributed by atoms with Crippen LogP contribution in [0.3, 0.4) is 0 Å². The first-order chi connectivity index (χ1) is 8.33. The molecule has 0 spiro atoms. The lowest BCUT2D eigenvalue weighted by atomic mass is 9.89. The van der Waals surface area contributed by atoms with E-state index in [1.165, 1.54) is 32.1 Å². The van der Waals surface area contributed by atoms with Gasteiger partial charge in [0.05, 0.1) is 0 Å². The first kappa shape index (κ1) is 12.6. The molecule has 4 heteroatoms. The van der Waals surface area contributed by atoms with Crippen molar-refractivity contribution in [1.29, 1.82) is 0 Å². The van der Waals surface area contributed by atoms with Crippen LogP contribution in [-0.2, 0) is 16.0 Å². The van der Waals surface area contributed by atoms with Crippen LogP contribution in [0.25, 0.3) is 0 Å². The summed E-state index contributed by atoms with van der Waals surface area (Å²) >= 11 is 0. The zero-order chi connectivity index (χ0) is 12.1. The Morgan fingerprint density at radius 3 is 2.65 bits per heavy atom. The van der Waals surface area contributed by atoms with Gasteiger partial charge in [-0.05, 0) is 24.8 Å². The van der Waals surface area contributed by atoms with Crippen molar-refractivity contribution in [2.45, 2.75) is 44.9 Å². The molecule has 1 aliphatic rings. The normalized spacial score (nSPS) is 17.8. The van der Waals surface area contributed by atoms with E-state index >= 15 is 0 Å². The van der Waals surface area contributed by atoms with Gasteiger partial charge in [0.15, 0.2) is 0 Å². The van der Waals surface area contributed by atoms with E-state index in [9.17, 15) is 0 Å². The number of aromatic nitrogens is 2. The van der Waals surface area contributed by atoms with E-state index in [2.05, 4.69) is 5.10 Å². The number of rotatable bonds is 5. The van der Waals surface area contributed by atoms with E-state index < -0.39 is 0 Å². The van der Waals surface area contributed by atoms with Crippen LogP contribution in [0.1, 0.15) is 44.1 Å². The summed E-state index contributed by atoms with van der Waals surface area (Å²) in [6.07, 6.45) is 8.50. The predicted molar refractivity (Wildman–Crippen MR) is 65.6 cm³/mol. The molecule has 0 aliphatic heterocycles. The highest BCUT2D eigenvalue weighted by Crippen LogP contribution is 2.25. The Labute approximate surface area is 103 Å². The molecule has 4 nitrogen and oxygen atoms in total. The Kier molecular flexibility index (Phi) is 4.57. The van der Waals surface area contributed by atoms with Crippen molar-refractivity contribution in [3.05, 3.63) is 18.0 Å². The van der Waals surface area contributed by atoms with Gasteiger partial charge >= 0.3 is 0 Å². The highest BCUT2D eigenvalue weighted by Gasteiger charge is 2.16. The van der Waals surface area contributed by atoms with Crippen LogP contribution in [0.2, 0.25) is 0 Å². The quantitative estimate of drug-likeness (QED) is 0.740. The number of methoxy groups -OCH3 is 2. The molecule has 0 atom stereocenters. The largest absolute Gasteiger partial charge is 0.350 e. The average molecular weight is 238 g/mol. The lowest BCUT2D eigenvalue weighted by Crippen LogP contribution is -2.15. The molecule has 1 fully saturated rings. The van der Waals surface area contributed by atoms with E-state index in [4.69, 9.17) is 9.47 Å². The summed E-state index contributed by atoms with van der Waals surface area (Å²) in [5.74, 6) is 0.792. The van der Waals surface area contributed by atoms with Crippen LogP contribution in [0, 0.1) is 5.92 Å². The van der Waals surface area contributed by atoms with Crippen LogP contribution in [-0.4, -0.2) is 24.0 Å². The molecule has 0 bridgehead atoms. The van der Waals surface area contributed by atoms with Crippen molar-refractivity contribution in [2.24, 2.45) is 5.92 Å². The van der Waals surface area contributed by atoms with E-state index in [-0.39, 0.29) is 6.29 Å². The molecule has 1 aromatic heterocycles. The molecule has 96 valence electrons. The summed E-state index contributed by atoms with van der Waals surface area (Å²) in [7, 11) is 3.27. The van der Waals surface area contributed by atoms with Gasteiger partial charge in [0, 0.05) is 27.0 Å². The van der Waals surface area contributed by atoms with Crippen molar-refractivity contribution < 1.29 is 9.47 Å². The third-order valence-electron chi connectivity index (χ3n) is 3.50. The van der Waals surface area contributed by atoms with Crippen LogP contribution in [0.5, 0.6) is 0 Å². The minimum atomic E-state index is -0.345. The maximum Gasteiger partial charge on any atom is 0.202 e. The second-order valence-electron chi connectivity index (χ2n) is 4.77. The molecule has 0 radical (unpaired) electrons. The van der Waals surface area contributed by atoms with Gasteiger partial charge < -0.3 is 9.47 Å². The Morgan fingerprint density at radius 1 is 1.29 bits per heavy atom. The number of hydrogen-bond donors (Lipinski definition) is 0. The Balaban J connectivity index is 1.93. The van der Waals surface area contributed by atoms with E-state index in [1.54, 1.807) is 14.2 Å². The third kappa shape index (κ3) is 3.30. The molecule has 17 heavy (non-hydrogen) atoms. The fraction of sp³-hybridized carbons (Fsp3) is 0.769. The minimum Gasteiger partial charge on any atom is -0.350 e. The van der Waals surface area contributed by atoms with Crippen molar-refractivity contribution in [2.75, 3.05) is 14.2 Å². The SMILES string of the molecule is COC(OC)c1ccn(CC2CCCCC2)n1. The van der Waals surface area contributed by atoms with Crippen molar-refractivity contribution in [1.82, 2.24) is 9.78 Å². The summed E-state index contributed by atoms with van der Waals surface area (Å²) in [5, 5.41) is 4.51. The van der Waals surface area contributed by atoms with Crippen LogP contribution < -0.4 is 0 Å². The zero-order valence-electron chi connectivity index (χ0n) is 10.8. The van der Waals surface area contributed by atoms with Crippen molar-refractivity contribution in [3.63, 3.8) is 0 Å². The number of hydrogen-bond acceptors (Lipinski definition) is 3. The second-order valence-corrected chi connectivity index (χ2v) is 4.77. The van der Waals surface area contributed by atoms with E-state index in [0.717, 1.165) is 18.2 Å². The molecule has 1 heterocycles. The topological polar surface area (TPSA) is 36.3 Å². The molecule has 0 saturated heterocycles. The first-order valence-corrected chi connectivity index (χ1v) is 6.42. The van der Waals surface area contributed by atoms with Crippen molar-refractivity contribution in [3.8, 4) is 0 Å². The lowest BCUT2D eigenvalue weighted by molar-refractivity contribution is -0.108. The Morgan fingerprint density at radius 2 is 2.00 bits per heavy atom. The zero-order valence-corrected chi connectivity index (χ0v) is 10.8. The van der Waals surface area contributed by atoms with Crippen molar-refractivity contribution >= 4 is 0 Å². The molecule has 0 amide bonds. The van der Waals surface area contributed by atoms with Gasteiger partial charge in [0.1, 0.15) is 5.69 Å². The van der Waals surface area contributed by atoms with Gasteiger partial charge in [-0.1, -0.05) is 19.3 Å². The highest BCUT2D eigenvalue weighted by atomic mass is 16.7. The summed E-state index contributed by atoms with van der Waals surface area (Å²) in [6, 6.07) is 1.97. The van der Waals surface area contributed by atoms with E-state index in [0.29, 0.717) is 0 Å². The molecule has 2 rings (SSSR count). The molecule has 1 aromatic rings. The second kappa shape index (κ2) is 6.17. The predicted octanol–water partition coefficient (Wildman–Crippen LogP) is 2.75. The summed E-state index contributed by atoms with van der Waals surface area (Å²) < 4.78 is 12.4. The molecule has 1 saturated carbocycles. The molecule has 0 unspecified atom stereocenters. The van der Waals surface area contributed by atoms with Gasteiger partial charge in [0.25, 0.3) is 0 Å². The Bertz CT molecular complexity index is 328. The maximum absolute atomic E-state index is 5.19. The fourth-order valence-electron chi connectivity index (χ4n) is 2.58.